The van der Waals surface area contributed by atoms with Gasteiger partial charge in [-0.25, -0.2) is 13.2 Å². The molecule has 0 radical (unpaired) electrons. The van der Waals surface area contributed by atoms with E-state index in [2.05, 4.69) is 4.74 Å². The lowest BCUT2D eigenvalue weighted by atomic mass is 10.0. The van der Waals surface area contributed by atoms with Gasteiger partial charge in [-0.1, -0.05) is 6.07 Å². The molecule has 5 nitrogen and oxygen atoms in total. The van der Waals surface area contributed by atoms with E-state index in [-0.39, 0.29) is 6.61 Å². The van der Waals surface area contributed by atoms with Crippen molar-refractivity contribution in [2.24, 2.45) is 0 Å². The van der Waals surface area contributed by atoms with Gasteiger partial charge in [-0.2, -0.15) is 13.2 Å². The number of carbonyl (C=O) groups excluding carboxylic acids is 1. The zero-order chi connectivity index (χ0) is 16.2. The molecular weight excluding hydrogens is 311 g/mol. The van der Waals surface area contributed by atoms with E-state index in [0.29, 0.717) is 0 Å². The minimum Gasteiger partial charge on any atom is -0.462 e. The quantitative estimate of drug-likeness (QED) is 0.662. The Balaban J connectivity index is 3.44. The van der Waals surface area contributed by atoms with Gasteiger partial charge in [0.2, 0.25) is 0 Å². The lowest BCUT2D eigenvalue weighted by Crippen LogP contribution is -2.25. The highest BCUT2D eigenvalue weighted by Crippen LogP contribution is 2.39. The van der Waals surface area contributed by atoms with Crippen molar-refractivity contribution >= 4 is 22.4 Å². The van der Waals surface area contributed by atoms with Gasteiger partial charge in [0.1, 0.15) is 5.88 Å². The maximum absolute atomic E-state index is 13.2. The van der Waals surface area contributed by atoms with Gasteiger partial charge in [-0.05, 0) is 19.1 Å². The van der Waals surface area contributed by atoms with Gasteiger partial charge in [0.05, 0.1) is 23.4 Å². The minimum atomic E-state index is -4.82. The lowest BCUT2D eigenvalue weighted by molar-refractivity contribution is -0.137. The van der Waals surface area contributed by atoms with E-state index in [0.717, 1.165) is 17.0 Å². The summed E-state index contributed by atoms with van der Waals surface area (Å²) < 4.78 is 65.6. The Morgan fingerprint density at radius 1 is 1.33 bits per heavy atom. The highest BCUT2D eigenvalue weighted by Gasteiger charge is 2.39. The van der Waals surface area contributed by atoms with Gasteiger partial charge < -0.3 is 9.64 Å². The first-order chi connectivity index (χ1) is 9.68. The normalized spacial score (nSPS) is 11.5. The van der Waals surface area contributed by atoms with E-state index < -0.39 is 45.5 Å². The molecule has 0 spiro atoms. The van der Waals surface area contributed by atoms with E-state index in [4.69, 9.17) is 0 Å². The Hall–Kier alpha value is -1.77. The van der Waals surface area contributed by atoms with Gasteiger partial charge >= 0.3 is 12.1 Å². The van der Waals surface area contributed by atoms with Crippen LogP contribution in [-0.2, 0) is 21.6 Å². The van der Waals surface area contributed by atoms with Crippen molar-refractivity contribution in [3.8, 4) is 0 Å². The summed E-state index contributed by atoms with van der Waals surface area (Å²) in [5.41, 5.74) is -2.25. The minimum absolute atomic E-state index is 0.0668. The van der Waals surface area contributed by atoms with Gasteiger partial charge in [0.25, 0.3) is 0 Å². The topological polar surface area (TPSA) is 63.7 Å². The molecule has 1 aromatic carbocycles. The van der Waals surface area contributed by atoms with Crippen LogP contribution in [0.4, 0.5) is 18.9 Å². The fourth-order valence-corrected chi connectivity index (χ4v) is 2.28. The monoisotopic (exact) mass is 325 g/mol. The molecule has 0 aliphatic heterocycles. The predicted molar refractivity (Wildman–Crippen MR) is 71.0 cm³/mol. The molecule has 0 saturated carbocycles. The van der Waals surface area contributed by atoms with E-state index in [1.807, 2.05) is 0 Å². The number of alkyl halides is 3. The SMILES string of the molecule is CCOC(=O)c1cccc(N(C)C[SH](=O)=O)c1C(F)(F)F. The average Bonchev–Trinajstić information content (AvgIpc) is 2.36. The zero-order valence-corrected chi connectivity index (χ0v) is 12.2. The first-order valence-corrected chi connectivity index (χ1v) is 7.25. The van der Waals surface area contributed by atoms with Gasteiger partial charge in [0.15, 0.2) is 10.7 Å². The second-order valence-electron chi connectivity index (χ2n) is 4.09. The third-order valence-electron chi connectivity index (χ3n) is 2.56. The standard InChI is InChI=1S/C12H14F3NO4S/c1-3-20-11(17)8-5-4-6-9(10(8)12(13,14)15)16(2)7-21(18)19/h4-6,21H,3,7H2,1-2H3. The molecule has 0 amide bonds. The summed E-state index contributed by atoms with van der Waals surface area (Å²) in [6.45, 7) is 1.41. The predicted octanol–water partition coefficient (Wildman–Crippen LogP) is 1.89. The molecule has 0 N–H and O–H groups in total. The van der Waals surface area contributed by atoms with Crippen molar-refractivity contribution in [3.63, 3.8) is 0 Å². The number of thiol groups is 1. The molecule has 0 fully saturated rings. The zero-order valence-electron chi connectivity index (χ0n) is 11.3. The molecule has 0 bridgehead atoms. The first kappa shape index (κ1) is 17.3. The van der Waals surface area contributed by atoms with E-state index in [9.17, 15) is 26.4 Å². The van der Waals surface area contributed by atoms with Crippen LogP contribution in [-0.4, -0.2) is 33.9 Å². The fourth-order valence-electron chi connectivity index (χ4n) is 1.78. The number of halogens is 3. The van der Waals surface area contributed by atoms with E-state index in [1.54, 1.807) is 0 Å². The van der Waals surface area contributed by atoms with Crippen LogP contribution in [0.2, 0.25) is 0 Å². The molecule has 1 rings (SSSR count). The first-order valence-electron chi connectivity index (χ1n) is 5.88. The second-order valence-corrected chi connectivity index (χ2v) is 5.04. The average molecular weight is 325 g/mol. The van der Waals surface area contributed by atoms with Crippen molar-refractivity contribution in [3.05, 3.63) is 29.3 Å². The van der Waals surface area contributed by atoms with Crippen LogP contribution < -0.4 is 4.90 Å². The van der Waals surface area contributed by atoms with Crippen LogP contribution in [0.1, 0.15) is 22.8 Å². The number of nitrogens with zero attached hydrogens (tertiary/aromatic N) is 1. The van der Waals surface area contributed by atoms with Crippen molar-refractivity contribution in [2.75, 3.05) is 24.4 Å². The molecule has 0 saturated heterocycles. The molecule has 0 heterocycles. The molecule has 0 aliphatic carbocycles. The molecule has 0 atom stereocenters. The fraction of sp³-hybridized carbons (Fsp3) is 0.417. The Labute approximate surface area is 121 Å². The third-order valence-corrected chi connectivity index (χ3v) is 3.22. The molecule has 0 aromatic heterocycles. The summed E-state index contributed by atoms with van der Waals surface area (Å²) in [5.74, 6) is -1.70. The summed E-state index contributed by atoms with van der Waals surface area (Å²) in [6.07, 6.45) is -4.82. The van der Waals surface area contributed by atoms with Crippen LogP contribution in [0.25, 0.3) is 0 Å². The highest BCUT2D eigenvalue weighted by molar-refractivity contribution is 7.72. The largest absolute Gasteiger partial charge is 0.462 e. The molecule has 118 valence electrons. The lowest BCUT2D eigenvalue weighted by Gasteiger charge is -2.23. The summed E-state index contributed by atoms with van der Waals surface area (Å²) in [5, 5.41) is 0. The molecule has 9 heteroatoms. The highest BCUT2D eigenvalue weighted by atomic mass is 32.2. The smallest absolute Gasteiger partial charge is 0.419 e. The molecule has 1 aromatic rings. The van der Waals surface area contributed by atoms with Crippen LogP contribution in [0.3, 0.4) is 0 Å². The van der Waals surface area contributed by atoms with E-state index >= 15 is 0 Å². The van der Waals surface area contributed by atoms with Crippen molar-refractivity contribution in [2.45, 2.75) is 13.1 Å². The van der Waals surface area contributed by atoms with Crippen molar-refractivity contribution in [1.29, 1.82) is 0 Å². The number of rotatable bonds is 5. The number of ether oxygens (including phenoxy) is 1. The Morgan fingerprint density at radius 2 is 1.95 bits per heavy atom. The van der Waals surface area contributed by atoms with Crippen LogP contribution in [0.15, 0.2) is 18.2 Å². The van der Waals surface area contributed by atoms with Gasteiger partial charge in [-0.3, -0.25) is 0 Å². The van der Waals surface area contributed by atoms with Gasteiger partial charge in [-0.15, -0.1) is 0 Å². The number of esters is 1. The number of carbonyl (C=O) groups is 1. The second kappa shape index (κ2) is 6.79. The Kier molecular flexibility index (Phi) is 5.59. The molecular formula is C12H14F3NO4S. The third kappa shape index (κ3) is 4.35. The maximum atomic E-state index is 13.2. The van der Waals surface area contributed by atoms with Gasteiger partial charge in [0, 0.05) is 7.05 Å². The number of anilines is 1. The summed E-state index contributed by atoms with van der Waals surface area (Å²) in [7, 11) is -1.70. The summed E-state index contributed by atoms with van der Waals surface area (Å²) >= 11 is 0. The summed E-state index contributed by atoms with van der Waals surface area (Å²) in [4.78, 5) is 12.6. The molecule has 0 aliphatic rings. The number of hydrogen-bond acceptors (Lipinski definition) is 5. The Morgan fingerprint density at radius 3 is 2.43 bits per heavy atom. The number of benzene rings is 1. The van der Waals surface area contributed by atoms with Crippen molar-refractivity contribution in [1.82, 2.24) is 0 Å². The van der Waals surface area contributed by atoms with E-state index in [1.165, 1.54) is 20.0 Å². The van der Waals surface area contributed by atoms with Crippen LogP contribution >= 0.6 is 0 Å². The number of hydrogen-bond donors (Lipinski definition) is 1. The van der Waals surface area contributed by atoms with Crippen LogP contribution in [0, 0.1) is 0 Å². The van der Waals surface area contributed by atoms with Crippen LogP contribution in [0.5, 0.6) is 0 Å². The maximum Gasteiger partial charge on any atom is 0.419 e. The Bertz CT molecular complexity index is 591. The van der Waals surface area contributed by atoms with Crippen molar-refractivity contribution < 1.29 is 31.1 Å². The molecule has 0 unspecified atom stereocenters. The summed E-state index contributed by atoms with van der Waals surface area (Å²) in [6, 6.07) is 3.34. The molecule has 21 heavy (non-hydrogen) atoms.